The zero-order valence-corrected chi connectivity index (χ0v) is 14.1. The third-order valence-corrected chi connectivity index (χ3v) is 4.98. The van der Waals surface area contributed by atoms with Crippen molar-refractivity contribution < 1.29 is 4.79 Å². The average molecular weight is 339 g/mol. The molecule has 7 heteroatoms. The van der Waals surface area contributed by atoms with Crippen LogP contribution in [0.5, 0.6) is 0 Å². The van der Waals surface area contributed by atoms with Crippen LogP contribution in [0, 0.1) is 0 Å². The van der Waals surface area contributed by atoms with Crippen LogP contribution in [0.15, 0.2) is 36.0 Å². The first kappa shape index (κ1) is 14.9. The Labute approximate surface area is 143 Å². The minimum atomic E-state index is 0.00687. The molecule has 0 unspecified atom stereocenters. The van der Waals surface area contributed by atoms with E-state index in [1.165, 1.54) is 0 Å². The summed E-state index contributed by atoms with van der Waals surface area (Å²) >= 11 is 1.61. The van der Waals surface area contributed by atoms with Gasteiger partial charge in [0.2, 0.25) is 0 Å². The molecule has 2 aromatic heterocycles. The summed E-state index contributed by atoms with van der Waals surface area (Å²) < 4.78 is 1.77. The number of benzene rings is 1. The fourth-order valence-corrected chi connectivity index (χ4v) is 3.66. The van der Waals surface area contributed by atoms with Gasteiger partial charge in [0, 0.05) is 42.0 Å². The molecule has 0 spiro atoms. The molecule has 0 bridgehead atoms. The van der Waals surface area contributed by atoms with E-state index < -0.39 is 0 Å². The summed E-state index contributed by atoms with van der Waals surface area (Å²) in [6.07, 6.45) is 4.63. The normalized spacial score (nSPS) is 13.5. The van der Waals surface area contributed by atoms with Crippen molar-refractivity contribution in [2.45, 2.75) is 13.0 Å². The molecule has 0 aliphatic carbocycles. The van der Waals surface area contributed by atoms with Crippen LogP contribution in [0.2, 0.25) is 0 Å². The van der Waals surface area contributed by atoms with Crippen LogP contribution in [0.25, 0.3) is 10.6 Å². The number of hydrogen-bond acceptors (Lipinski definition) is 5. The van der Waals surface area contributed by atoms with E-state index in [2.05, 4.69) is 26.1 Å². The van der Waals surface area contributed by atoms with Crippen molar-refractivity contribution in [1.82, 2.24) is 20.1 Å². The second-order valence-corrected chi connectivity index (χ2v) is 6.60. The van der Waals surface area contributed by atoms with Gasteiger partial charge in [0.25, 0.3) is 5.91 Å². The number of aryl methyl sites for hydroxylation is 1. The smallest absolute Gasteiger partial charge is 0.251 e. The molecule has 3 aromatic rings. The number of carbonyl (C=O) groups is 1. The zero-order valence-electron chi connectivity index (χ0n) is 13.2. The molecule has 0 saturated carbocycles. The topological polar surface area (TPSA) is 71.8 Å². The van der Waals surface area contributed by atoms with Crippen molar-refractivity contribution in [2.75, 3.05) is 11.9 Å². The van der Waals surface area contributed by atoms with Gasteiger partial charge in [0.05, 0.1) is 18.4 Å². The Morgan fingerprint density at radius 2 is 2.33 bits per heavy atom. The van der Waals surface area contributed by atoms with Crippen molar-refractivity contribution in [3.05, 3.63) is 52.8 Å². The summed E-state index contributed by atoms with van der Waals surface area (Å²) in [4.78, 5) is 16.6. The Kier molecular flexibility index (Phi) is 3.78. The van der Waals surface area contributed by atoms with Crippen LogP contribution in [0.1, 0.15) is 21.6 Å². The highest BCUT2D eigenvalue weighted by atomic mass is 32.1. The van der Waals surface area contributed by atoms with Gasteiger partial charge in [-0.05, 0) is 24.1 Å². The van der Waals surface area contributed by atoms with Crippen LogP contribution >= 0.6 is 11.3 Å². The highest BCUT2D eigenvalue weighted by Crippen LogP contribution is 2.26. The van der Waals surface area contributed by atoms with Crippen molar-refractivity contribution in [2.24, 2.45) is 7.05 Å². The van der Waals surface area contributed by atoms with Crippen LogP contribution in [-0.4, -0.2) is 27.2 Å². The molecular formula is C17H17N5OS. The Morgan fingerprint density at radius 1 is 1.42 bits per heavy atom. The zero-order chi connectivity index (χ0) is 16.5. The third-order valence-electron chi connectivity index (χ3n) is 4.04. The lowest BCUT2D eigenvalue weighted by atomic mass is 9.98. The molecular weight excluding hydrogens is 322 g/mol. The minimum absolute atomic E-state index is 0.00687. The van der Waals surface area contributed by atoms with Gasteiger partial charge in [-0.2, -0.15) is 5.10 Å². The number of nitrogens with one attached hydrogen (secondary N) is 2. The Hall–Kier alpha value is -2.67. The predicted octanol–water partition coefficient (Wildman–Crippen LogP) is 2.44. The molecule has 1 aromatic carbocycles. The second kappa shape index (κ2) is 6.09. The maximum atomic E-state index is 11.9. The molecule has 1 amide bonds. The summed E-state index contributed by atoms with van der Waals surface area (Å²) in [6, 6.07) is 5.80. The molecule has 0 atom stereocenters. The van der Waals surface area contributed by atoms with E-state index in [0.717, 1.165) is 39.5 Å². The van der Waals surface area contributed by atoms with Gasteiger partial charge in [-0.25, -0.2) is 4.98 Å². The average Bonchev–Trinajstić information content (AvgIpc) is 3.22. The molecule has 1 aliphatic heterocycles. The lowest BCUT2D eigenvalue weighted by Gasteiger charge is -2.20. The number of anilines is 1. The first-order valence-corrected chi connectivity index (χ1v) is 8.66. The number of carbonyl (C=O) groups excluding carboxylic acids is 1. The number of rotatable bonds is 4. The molecule has 0 saturated heterocycles. The molecule has 0 radical (unpaired) electrons. The van der Waals surface area contributed by atoms with Crippen LogP contribution < -0.4 is 10.6 Å². The van der Waals surface area contributed by atoms with Crippen LogP contribution in [0.4, 0.5) is 5.69 Å². The molecule has 2 N–H and O–H groups in total. The van der Waals surface area contributed by atoms with Gasteiger partial charge in [-0.3, -0.25) is 9.48 Å². The molecule has 24 heavy (non-hydrogen) atoms. The first-order chi connectivity index (χ1) is 11.7. The number of thiazole rings is 1. The number of amides is 1. The number of hydrogen-bond donors (Lipinski definition) is 2. The molecule has 122 valence electrons. The van der Waals surface area contributed by atoms with Crippen molar-refractivity contribution in [3.63, 3.8) is 0 Å². The van der Waals surface area contributed by atoms with E-state index in [4.69, 9.17) is 0 Å². The Morgan fingerprint density at radius 3 is 3.17 bits per heavy atom. The maximum absolute atomic E-state index is 11.9. The minimum Gasteiger partial charge on any atom is -0.379 e. The molecule has 0 fully saturated rings. The van der Waals surface area contributed by atoms with Gasteiger partial charge in [0.1, 0.15) is 5.01 Å². The summed E-state index contributed by atoms with van der Waals surface area (Å²) in [5, 5.41) is 13.5. The predicted molar refractivity (Wildman–Crippen MR) is 94.1 cm³/mol. The van der Waals surface area contributed by atoms with Crippen molar-refractivity contribution >= 4 is 22.9 Å². The lowest BCUT2D eigenvalue weighted by Crippen LogP contribution is -2.32. The van der Waals surface area contributed by atoms with Gasteiger partial charge in [0.15, 0.2) is 0 Å². The lowest BCUT2D eigenvalue weighted by molar-refractivity contribution is 0.0946. The fraction of sp³-hybridized carbons (Fsp3) is 0.235. The summed E-state index contributed by atoms with van der Waals surface area (Å²) in [6.45, 7) is 1.32. The monoisotopic (exact) mass is 339 g/mol. The highest BCUT2D eigenvalue weighted by molar-refractivity contribution is 7.13. The summed E-state index contributed by atoms with van der Waals surface area (Å²) in [5.41, 5.74) is 4.88. The summed E-state index contributed by atoms with van der Waals surface area (Å²) in [5.74, 6) is 0.00687. The third kappa shape index (κ3) is 2.78. The van der Waals surface area contributed by atoms with Gasteiger partial charge >= 0.3 is 0 Å². The first-order valence-electron chi connectivity index (χ1n) is 7.78. The molecule has 3 heterocycles. The molecule has 1 aliphatic rings. The van der Waals surface area contributed by atoms with E-state index >= 15 is 0 Å². The van der Waals surface area contributed by atoms with Crippen molar-refractivity contribution in [3.8, 4) is 10.6 Å². The van der Waals surface area contributed by atoms with Crippen LogP contribution in [0.3, 0.4) is 0 Å². The van der Waals surface area contributed by atoms with Gasteiger partial charge in [-0.1, -0.05) is 6.07 Å². The van der Waals surface area contributed by atoms with E-state index in [-0.39, 0.29) is 5.91 Å². The SMILES string of the molecule is Cn1cc(-c2nc(CNc3cccc4c3CCNC4=O)cs2)cn1. The van der Waals surface area contributed by atoms with E-state index in [1.54, 1.807) is 16.0 Å². The van der Waals surface area contributed by atoms with Crippen LogP contribution in [-0.2, 0) is 20.0 Å². The quantitative estimate of drug-likeness (QED) is 0.766. The molecule has 6 nitrogen and oxygen atoms in total. The summed E-state index contributed by atoms with van der Waals surface area (Å²) in [7, 11) is 1.90. The molecule has 4 rings (SSSR count). The largest absolute Gasteiger partial charge is 0.379 e. The van der Waals surface area contributed by atoms with E-state index in [9.17, 15) is 4.79 Å². The van der Waals surface area contributed by atoms with E-state index in [1.807, 2.05) is 37.6 Å². The van der Waals surface area contributed by atoms with E-state index in [0.29, 0.717) is 13.1 Å². The second-order valence-electron chi connectivity index (χ2n) is 5.74. The standard InChI is InChI=1S/C17H17N5OS/c1-22-9-11(7-20-22)17-21-12(10-24-17)8-19-15-4-2-3-14-13(15)5-6-18-16(14)23/h2-4,7,9-10,19H,5-6,8H2,1H3,(H,18,23). The van der Waals surface area contributed by atoms with Gasteiger partial charge < -0.3 is 10.6 Å². The Bertz CT molecular complexity index is 898. The number of fused-ring (bicyclic) bond motifs is 1. The van der Waals surface area contributed by atoms with Gasteiger partial charge in [-0.15, -0.1) is 11.3 Å². The number of nitrogens with zero attached hydrogens (tertiary/aromatic N) is 3. The highest BCUT2D eigenvalue weighted by Gasteiger charge is 2.19. The fourth-order valence-electron chi connectivity index (χ4n) is 2.87. The van der Waals surface area contributed by atoms with Crippen molar-refractivity contribution in [1.29, 1.82) is 0 Å². The number of aromatic nitrogens is 3. The Balaban J connectivity index is 1.51. The maximum Gasteiger partial charge on any atom is 0.251 e.